The summed E-state index contributed by atoms with van der Waals surface area (Å²) >= 11 is 1.85. The van der Waals surface area contributed by atoms with Crippen LogP contribution >= 0.6 is 15.9 Å². The lowest BCUT2D eigenvalue weighted by Gasteiger charge is -2.57. The number of allylic oxidation sites excluding steroid dienone is 1. The maximum atomic E-state index is 13.3. The van der Waals surface area contributed by atoms with Crippen molar-refractivity contribution in [2.75, 3.05) is 0 Å². The van der Waals surface area contributed by atoms with Crippen molar-refractivity contribution in [2.24, 2.45) is 17.8 Å². The number of fused-ring (bicyclic) bond motifs is 5. The molecule has 0 N–H and O–H groups in total. The van der Waals surface area contributed by atoms with Gasteiger partial charge in [0.25, 0.3) is 0 Å². The molecule has 5 unspecified atom stereocenters. The van der Waals surface area contributed by atoms with Crippen LogP contribution in [0.15, 0.2) is 12.2 Å². The van der Waals surface area contributed by atoms with Crippen LogP contribution in [0.25, 0.3) is 0 Å². The van der Waals surface area contributed by atoms with Crippen LogP contribution in [0.2, 0.25) is 0 Å². The SMILES string of the molecule is FC(F)(F)C1(C(F)(F)Br)OC2C3C=CC(C3)C21. The second-order valence-corrected chi connectivity index (χ2v) is 5.78. The second-order valence-electron chi connectivity index (χ2n) is 4.79. The standard InChI is InChI=1S/C10H8BrF5O/c11-9(12,13)8(10(14,15)16)6-4-1-2-5(3-4)7(6)17-8/h1-2,4-7H,3H2. The Bertz CT molecular complexity index is 371. The van der Waals surface area contributed by atoms with Crippen molar-refractivity contribution < 1.29 is 26.7 Å². The Morgan fingerprint density at radius 1 is 1.12 bits per heavy atom. The summed E-state index contributed by atoms with van der Waals surface area (Å²) in [5, 5.41) is 0. The number of halogens is 6. The summed E-state index contributed by atoms with van der Waals surface area (Å²) < 4.78 is 70.2. The molecule has 0 radical (unpaired) electrons. The molecule has 1 aliphatic heterocycles. The van der Waals surface area contributed by atoms with Gasteiger partial charge in [0.05, 0.1) is 6.10 Å². The number of rotatable bonds is 1. The molecule has 0 aromatic rings. The third-order valence-corrected chi connectivity index (χ3v) is 4.61. The maximum Gasteiger partial charge on any atom is 0.424 e. The van der Waals surface area contributed by atoms with Crippen molar-refractivity contribution in [2.45, 2.75) is 29.1 Å². The molecule has 1 nitrogen and oxygen atoms in total. The Morgan fingerprint density at radius 2 is 1.71 bits per heavy atom. The predicted molar refractivity (Wildman–Crippen MR) is 51.8 cm³/mol. The van der Waals surface area contributed by atoms with Crippen LogP contribution in [-0.2, 0) is 4.74 Å². The molecule has 3 rings (SSSR count). The second kappa shape index (κ2) is 3.04. The molecule has 0 spiro atoms. The van der Waals surface area contributed by atoms with E-state index in [1.165, 1.54) is 0 Å². The molecule has 3 aliphatic rings. The van der Waals surface area contributed by atoms with E-state index in [1.54, 1.807) is 12.2 Å². The Balaban J connectivity index is 2.03. The van der Waals surface area contributed by atoms with Crippen molar-refractivity contribution in [1.29, 1.82) is 0 Å². The van der Waals surface area contributed by atoms with Crippen molar-refractivity contribution >= 4 is 15.9 Å². The lowest BCUT2D eigenvalue weighted by molar-refractivity contribution is -0.422. The first kappa shape index (κ1) is 11.9. The summed E-state index contributed by atoms with van der Waals surface area (Å²) in [5.41, 5.74) is -3.37. The predicted octanol–water partition coefficient (Wildman–Crippen LogP) is 3.50. The van der Waals surface area contributed by atoms with Crippen LogP contribution < -0.4 is 0 Å². The number of hydrogen-bond donors (Lipinski definition) is 0. The third kappa shape index (κ3) is 1.22. The molecule has 0 aromatic carbocycles. The topological polar surface area (TPSA) is 9.23 Å². The van der Waals surface area contributed by atoms with Gasteiger partial charge in [0.2, 0.25) is 5.60 Å². The summed E-state index contributed by atoms with van der Waals surface area (Å²) in [6, 6.07) is 0. The van der Waals surface area contributed by atoms with Crippen molar-refractivity contribution in [3.8, 4) is 0 Å². The van der Waals surface area contributed by atoms with E-state index in [2.05, 4.69) is 4.74 Å². The van der Waals surface area contributed by atoms with E-state index in [-0.39, 0.29) is 5.92 Å². The van der Waals surface area contributed by atoms with Gasteiger partial charge in [0, 0.05) is 11.8 Å². The average molecular weight is 319 g/mol. The van der Waals surface area contributed by atoms with Gasteiger partial charge in [-0.3, -0.25) is 0 Å². The fraction of sp³-hybridized carbons (Fsp3) is 0.800. The third-order valence-electron chi connectivity index (χ3n) is 4.02. The molecular formula is C10H8BrF5O. The molecule has 7 heteroatoms. The fourth-order valence-electron chi connectivity index (χ4n) is 3.36. The summed E-state index contributed by atoms with van der Waals surface area (Å²) in [7, 11) is 0. The molecule has 2 fully saturated rings. The van der Waals surface area contributed by atoms with E-state index in [0.29, 0.717) is 6.42 Å². The average Bonchev–Trinajstić information content (AvgIpc) is 2.53. The van der Waals surface area contributed by atoms with Gasteiger partial charge >= 0.3 is 11.0 Å². The molecule has 0 aromatic heterocycles. The summed E-state index contributed by atoms with van der Waals surface area (Å²) in [5.74, 6) is -1.77. The quantitative estimate of drug-likeness (QED) is 0.408. The highest BCUT2D eigenvalue weighted by atomic mass is 79.9. The van der Waals surface area contributed by atoms with E-state index >= 15 is 0 Å². The zero-order chi connectivity index (χ0) is 12.6. The van der Waals surface area contributed by atoms with E-state index in [4.69, 9.17) is 0 Å². The highest BCUT2D eigenvalue weighted by Gasteiger charge is 2.84. The van der Waals surface area contributed by atoms with Crippen LogP contribution in [-0.4, -0.2) is 22.7 Å². The molecule has 1 saturated carbocycles. The summed E-state index contributed by atoms with van der Waals surface area (Å²) in [6.07, 6.45) is -1.95. The van der Waals surface area contributed by atoms with Gasteiger partial charge in [-0.15, -0.1) is 0 Å². The van der Waals surface area contributed by atoms with Gasteiger partial charge in [-0.25, -0.2) is 0 Å². The van der Waals surface area contributed by atoms with Crippen LogP contribution in [0.1, 0.15) is 6.42 Å². The number of hydrogen-bond acceptors (Lipinski definition) is 1. The van der Waals surface area contributed by atoms with E-state index < -0.39 is 34.5 Å². The van der Waals surface area contributed by atoms with Crippen molar-refractivity contribution in [3.63, 3.8) is 0 Å². The summed E-state index contributed by atoms with van der Waals surface area (Å²) in [4.78, 5) is -4.10. The maximum absolute atomic E-state index is 13.3. The lowest BCUT2D eigenvalue weighted by Crippen LogP contribution is -2.75. The van der Waals surface area contributed by atoms with Crippen LogP contribution in [0.5, 0.6) is 0 Å². The highest BCUT2D eigenvalue weighted by molar-refractivity contribution is 9.10. The van der Waals surface area contributed by atoms with Gasteiger partial charge < -0.3 is 4.74 Å². The smallest absolute Gasteiger partial charge is 0.355 e. The molecule has 2 aliphatic carbocycles. The minimum atomic E-state index is -5.08. The normalized spacial score (nSPS) is 48.1. The molecule has 1 heterocycles. The largest absolute Gasteiger partial charge is 0.424 e. The van der Waals surface area contributed by atoms with Gasteiger partial charge in [-0.05, 0) is 28.3 Å². The van der Waals surface area contributed by atoms with Crippen LogP contribution in [0.3, 0.4) is 0 Å². The Kier molecular flexibility index (Phi) is 2.13. The monoisotopic (exact) mass is 318 g/mol. The van der Waals surface area contributed by atoms with Gasteiger partial charge in [-0.2, -0.15) is 22.0 Å². The Labute approximate surface area is 102 Å². The molecular weight excluding hydrogens is 311 g/mol. The van der Waals surface area contributed by atoms with Crippen LogP contribution in [0, 0.1) is 17.8 Å². The first-order valence-corrected chi connectivity index (χ1v) is 5.97. The Morgan fingerprint density at radius 3 is 2.18 bits per heavy atom. The van der Waals surface area contributed by atoms with Crippen LogP contribution in [0.4, 0.5) is 22.0 Å². The molecule has 5 atom stereocenters. The summed E-state index contributed by atoms with van der Waals surface area (Å²) in [6.45, 7) is 0. The highest BCUT2D eigenvalue weighted by Crippen LogP contribution is 2.68. The molecule has 96 valence electrons. The zero-order valence-electron chi connectivity index (χ0n) is 8.35. The van der Waals surface area contributed by atoms with Crippen molar-refractivity contribution in [3.05, 3.63) is 12.2 Å². The molecule has 2 bridgehead atoms. The number of alkyl halides is 6. The van der Waals surface area contributed by atoms with Crippen molar-refractivity contribution in [1.82, 2.24) is 0 Å². The lowest BCUT2D eigenvalue weighted by atomic mass is 9.70. The molecule has 0 amide bonds. The van der Waals surface area contributed by atoms with Gasteiger partial charge in [0.1, 0.15) is 0 Å². The van der Waals surface area contributed by atoms with Gasteiger partial charge in [-0.1, -0.05) is 12.2 Å². The first-order chi connectivity index (χ1) is 7.68. The minimum Gasteiger partial charge on any atom is -0.355 e. The van der Waals surface area contributed by atoms with E-state index in [1.807, 2.05) is 15.9 Å². The first-order valence-electron chi connectivity index (χ1n) is 5.18. The van der Waals surface area contributed by atoms with E-state index in [9.17, 15) is 22.0 Å². The minimum absolute atomic E-state index is 0.143. The fourth-order valence-corrected chi connectivity index (χ4v) is 3.95. The van der Waals surface area contributed by atoms with E-state index in [0.717, 1.165) is 0 Å². The Hall–Kier alpha value is -0.170. The number of ether oxygens (including phenoxy) is 1. The van der Waals surface area contributed by atoms with Gasteiger partial charge in [0.15, 0.2) is 0 Å². The molecule has 17 heavy (non-hydrogen) atoms. The zero-order valence-corrected chi connectivity index (χ0v) is 9.93. The molecule has 1 saturated heterocycles.